The average Bonchev–Trinajstić information content (AvgIpc) is 3.05. The molecule has 1 saturated heterocycles. The van der Waals surface area contributed by atoms with Gasteiger partial charge >= 0.3 is 0 Å². The maximum absolute atomic E-state index is 13.3. The molecule has 0 N–H and O–H groups in total. The largest absolute Gasteiger partial charge is 0.334 e. The van der Waals surface area contributed by atoms with E-state index in [4.69, 9.17) is 4.98 Å². The number of hydrogen-bond acceptors (Lipinski definition) is 6. The van der Waals surface area contributed by atoms with Gasteiger partial charge in [-0.1, -0.05) is 6.42 Å². The molecular formula is C19H25N3O4S2. The molecule has 0 aliphatic carbocycles. The van der Waals surface area contributed by atoms with Crippen LogP contribution in [-0.4, -0.2) is 52.9 Å². The van der Waals surface area contributed by atoms with E-state index in [0.717, 1.165) is 31.5 Å². The number of nitrogens with zero attached hydrogens (tertiary/aromatic N) is 3. The molecule has 4 heterocycles. The number of carbonyl (C=O) groups is 1. The van der Waals surface area contributed by atoms with Gasteiger partial charge in [-0.2, -0.15) is 0 Å². The fourth-order valence-corrected chi connectivity index (χ4v) is 7.21. The first-order chi connectivity index (χ1) is 13.3. The highest BCUT2D eigenvalue weighted by atomic mass is 32.2. The van der Waals surface area contributed by atoms with Crippen LogP contribution in [0.5, 0.6) is 0 Å². The summed E-state index contributed by atoms with van der Waals surface area (Å²) in [6.07, 6.45) is 4.34. The molecular weight excluding hydrogens is 398 g/mol. The molecule has 1 atom stereocenters. The van der Waals surface area contributed by atoms with Gasteiger partial charge in [0, 0.05) is 25.6 Å². The van der Waals surface area contributed by atoms with E-state index in [1.165, 1.54) is 11.3 Å². The van der Waals surface area contributed by atoms with E-state index in [2.05, 4.69) is 0 Å². The second kappa shape index (κ2) is 7.26. The van der Waals surface area contributed by atoms with Crippen LogP contribution in [0.25, 0.3) is 10.2 Å². The molecule has 152 valence electrons. The molecule has 0 saturated carbocycles. The Kier molecular flexibility index (Phi) is 5.07. The molecule has 28 heavy (non-hydrogen) atoms. The van der Waals surface area contributed by atoms with Crippen LogP contribution in [0, 0.1) is 6.92 Å². The van der Waals surface area contributed by atoms with Crippen LogP contribution in [0.15, 0.2) is 4.79 Å². The molecule has 1 fully saturated rings. The number of hydrogen-bond donors (Lipinski definition) is 0. The SMILES string of the molecule is CCN(C(=O)c1sc2nc3n(c(=O)c2c1C)CCCCC3)[C@@H]1CCS(=O)(=O)C1. The lowest BCUT2D eigenvalue weighted by atomic mass is 10.1. The Morgan fingerprint density at radius 2 is 2.11 bits per heavy atom. The monoisotopic (exact) mass is 423 g/mol. The van der Waals surface area contributed by atoms with Crippen molar-refractivity contribution in [3.8, 4) is 0 Å². The highest BCUT2D eigenvalue weighted by Crippen LogP contribution is 2.31. The molecule has 4 rings (SSSR count). The van der Waals surface area contributed by atoms with Gasteiger partial charge in [-0.15, -0.1) is 11.3 Å². The van der Waals surface area contributed by atoms with Crippen molar-refractivity contribution in [2.45, 2.75) is 58.5 Å². The minimum atomic E-state index is -3.08. The van der Waals surface area contributed by atoms with E-state index in [0.29, 0.717) is 40.2 Å². The van der Waals surface area contributed by atoms with Gasteiger partial charge in [-0.25, -0.2) is 13.4 Å². The van der Waals surface area contributed by atoms with Crippen molar-refractivity contribution in [2.24, 2.45) is 0 Å². The molecule has 0 aromatic carbocycles. The summed E-state index contributed by atoms with van der Waals surface area (Å²) >= 11 is 1.26. The van der Waals surface area contributed by atoms with Crippen LogP contribution >= 0.6 is 11.3 Å². The van der Waals surface area contributed by atoms with Crippen molar-refractivity contribution >= 4 is 37.3 Å². The molecule has 2 aromatic rings. The van der Waals surface area contributed by atoms with Gasteiger partial charge in [0.05, 0.1) is 21.8 Å². The minimum Gasteiger partial charge on any atom is -0.334 e. The Balaban J connectivity index is 1.76. The summed E-state index contributed by atoms with van der Waals surface area (Å²) in [5, 5.41) is 0.536. The molecule has 0 spiro atoms. The summed E-state index contributed by atoms with van der Waals surface area (Å²) in [7, 11) is -3.08. The predicted molar refractivity (Wildman–Crippen MR) is 110 cm³/mol. The molecule has 0 radical (unpaired) electrons. The molecule has 0 unspecified atom stereocenters. The number of aromatic nitrogens is 2. The van der Waals surface area contributed by atoms with Crippen molar-refractivity contribution in [2.75, 3.05) is 18.1 Å². The van der Waals surface area contributed by atoms with E-state index < -0.39 is 9.84 Å². The highest BCUT2D eigenvalue weighted by molar-refractivity contribution is 7.91. The van der Waals surface area contributed by atoms with Crippen molar-refractivity contribution in [3.63, 3.8) is 0 Å². The quantitative estimate of drug-likeness (QED) is 0.755. The number of carbonyl (C=O) groups excluding carboxylic acids is 1. The van der Waals surface area contributed by atoms with Gasteiger partial charge in [0.1, 0.15) is 10.7 Å². The number of amides is 1. The molecule has 0 bridgehead atoms. The Labute approximate surface area is 168 Å². The third kappa shape index (κ3) is 3.28. The van der Waals surface area contributed by atoms with Gasteiger partial charge in [-0.05, 0) is 38.7 Å². The first-order valence-electron chi connectivity index (χ1n) is 9.86. The number of aryl methyl sites for hydroxylation is 2. The van der Waals surface area contributed by atoms with Crippen molar-refractivity contribution in [1.29, 1.82) is 0 Å². The molecule has 2 aromatic heterocycles. The zero-order chi connectivity index (χ0) is 20.1. The van der Waals surface area contributed by atoms with E-state index in [9.17, 15) is 18.0 Å². The van der Waals surface area contributed by atoms with Crippen molar-refractivity contribution in [1.82, 2.24) is 14.5 Å². The third-order valence-corrected chi connectivity index (χ3v) is 8.78. The normalized spacial score (nSPS) is 21.4. The number of rotatable bonds is 3. The van der Waals surface area contributed by atoms with Crippen LogP contribution in [0.2, 0.25) is 0 Å². The Bertz CT molecular complexity index is 1100. The Hall–Kier alpha value is -1.74. The Morgan fingerprint density at radius 3 is 2.79 bits per heavy atom. The third-order valence-electron chi connectivity index (χ3n) is 5.86. The summed E-state index contributed by atoms with van der Waals surface area (Å²) in [5.74, 6) is 0.767. The second-order valence-electron chi connectivity index (χ2n) is 7.68. The molecule has 9 heteroatoms. The summed E-state index contributed by atoms with van der Waals surface area (Å²) in [6, 6.07) is -0.294. The lowest BCUT2D eigenvalue weighted by Gasteiger charge is -2.26. The highest BCUT2D eigenvalue weighted by Gasteiger charge is 2.35. The predicted octanol–water partition coefficient (Wildman–Crippen LogP) is 2.14. The van der Waals surface area contributed by atoms with Crippen LogP contribution < -0.4 is 5.56 Å². The standard InChI is InChI=1S/C19H25N3O4S2/c1-3-21(13-8-10-28(25,26)11-13)19(24)16-12(2)15-17(27-16)20-14-7-5-4-6-9-22(14)18(15)23/h13H,3-11H2,1-2H3/t13-/m1/s1. The van der Waals surface area contributed by atoms with Crippen molar-refractivity contribution in [3.05, 3.63) is 26.6 Å². The zero-order valence-electron chi connectivity index (χ0n) is 16.2. The fourth-order valence-electron chi connectivity index (χ4n) is 4.33. The van der Waals surface area contributed by atoms with Crippen LogP contribution in [-0.2, 0) is 22.8 Å². The van der Waals surface area contributed by atoms with Crippen LogP contribution in [0.1, 0.15) is 53.7 Å². The van der Waals surface area contributed by atoms with E-state index >= 15 is 0 Å². The molecule has 2 aliphatic rings. The lowest BCUT2D eigenvalue weighted by Crippen LogP contribution is -2.40. The first-order valence-corrected chi connectivity index (χ1v) is 12.5. The molecule has 7 nitrogen and oxygen atoms in total. The topological polar surface area (TPSA) is 89.3 Å². The summed E-state index contributed by atoms with van der Waals surface area (Å²) in [4.78, 5) is 33.8. The Morgan fingerprint density at radius 1 is 1.32 bits per heavy atom. The molecule has 2 aliphatic heterocycles. The lowest BCUT2D eigenvalue weighted by molar-refractivity contribution is 0.0713. The van der Waals surface area contributed by atoms with Crippen LogP contribution in [0.4, 0.5) is 0 Å². The van der Waals surface area contributed by atoms with E-state index in [-0.39, 0.29) is 29.0 Å². The fraction of sp³-hybridized carbons (Fsp3) is 0.632. The van der Waals surface area contributed by atoms with Gasteiger partial charge in [0.15, 0.2) is 9.84 Å². The number of thiophene rings is 1. The van der Waals surface area contributed by atoms with E-state index in [1.807, 2.05) is 6.92 Å². The second-order valence-corrected chi connectivity index (χ2v) is 10.9. The van der Waals surface area contributed by atoms with Gasteiger partial charge < -0.3 is 4.90 Å². The van der Waals surface area contributed by atoms with Gasteiger partial charge in [-0.3, -0.25) is 14.2 Å². The van der Waals surface area contributed by atoms with Gasteiger partial charge in [0.2, 0.25) is 0 Å². The maximum Gasteiger partial charge on any atom is 0.264 e. The summed E-state index contributed by atoms with van der Waals surface area (Å²) in [5.41, 5.74) is 0.613. The van der Waals surface area contributed by atoms with E-state index in [1.54, 1.807) is 16.4 Å². The molecule has 1 amide bonds. The van der Waals surface area contributed by atoms with Crippen molar-refractivity contribution < 1.29 is 13.2 Å². The first kappa shape index (κ1) is 19.6. The number of fused-ring (bicyclic) bond motifs is 2. The summed E-state index contributed by atoms with van der Waals surface area (Å²) < 4.78 is 25.5. The van der Waals surface area contributed by atoms with Gasteiger partial charge in [0.25, 0.3) is 11.5 Å². The van der Waals surface area contributed by atoms with Crippen LogP contribution in [0.3, 0.4) is 0 Å². The summed E-state index contributed by atoms with van der Waals surface area (Å²) in [6.45, 7) is 4.78. The average molecular weight is 424 g/mol. The smallest absolute Gasteiger partial charge is 0.264 e. The number of sulfone groups is 1. The maximum atomic E-state index is 13.3. The zero-order valence-corrected chi connectivity index (χ0v) is 17.9. The minimum absolute atomic E-state index is 0.0196.